The Kier molecular flexibility index (Phi) is 6.30. The van der Waals surface area contributed by atoms with Gasteiger partial charge in [0.05, 0.1) is 56.6 Å². The number of hydrogen-bond acceptors (Lipinski definition) is 2. The van der Waals surface area contributed by atoms with Crippen molar-refractivity contribution in [1.82, 2.24) is 9.13 Å². The average Bonchev–Trinajstić information content (AvgIpc) is 3.57. The molecular weight excluding hydrogens is 573 g/mol. The van der Waals surface area contributed by atoms with Gasteiger partial charge < -0.3 is 9.13 Å². The number of aromatic nitrogens is 2. The lowest BCUT2D eigenvalue weighted by molar-refractivity contribution is 0.574. The van der Waals surface area contributed by atoms with Crippen LogP contribution in [0.1, 0.15) is 41.2 Å². The number of fused-ring (bicyclic) bond motifs is 6. The molecule has 4 nitrogen and oxygen atoms in total. The Morgan fingerprint density at radius 1 is 0.617 bits per heavy atom. The maximum Gasteiger partial charge on any atom is 0.0994 e. The highest BCUT2D eigenvalue weighted by atomic mass is 15.0. The van der Waals surface area contributed by atoms with Gasteiger partial charge in [-0.25, -0.2) is 0 Å². The van der Waals surface area contributed by atoms with E-state index in [1.165, 1.54) is 22.3 Å². The molecule has 0 amide bonds. The van der Waals surface area contributed by atoms with Crippen LogP contribution in [0.3, 0.4) is 0 Å². The standard InChI is InChI=1S/C43H34N4/c1-26-12-10-13-27(2)39(26)46-36-18-8-6-16-31(36)33-22-34-32-17-7-9-19-37(32)47(40-28(3)14-11-15-29(40)4)42(34)38(41(33)46)35-23-43(5,25-45)21-20-30(35)24-44/h6-20,22-23H,21H2,1-5H3. The molecule has 0 spiro atoms. The van der Waals surface area contributed by atoms with Crippen molar-refractivity contribution < 1.29 is 0 Å². The summed E-state index contributed by atoms with van der Waals surface area (Å²) in [6.07, 6.45) is 4.51. The minimum Gasteiger partial charge on any atom is -0.308 e. The van der Waals surface area contributed by atoms with E-state index in [4.69, 9.17) is 0 Å². The van der Waals surface area contributed by atoms with E-state index in [0.717, 1.165) is 66.1 Å². The minimum absolute atomic E-state index is 0.495. The summed E-state index contributed by atoms with van der Waals surface area (Å²) in [5.74, 6) is 0. The molecule has 5 aromatic carbocycles. The van der Waals surface area contributed by atoms with E-state index < -0.39 is 5.41 Å². The molecule has 8 rings (SSSR count). The fraction of sp³-hybridized carbons (Fsp3) is 0.163. The van der Waals surface area contributed by atoms with Crippen molar-refractivity contribution in [3.63, 3.8) is 0 Å². The highest BCUT2D eigenvalue weighted by Crippen LogP contribution is 2.49. The van der Waals surface area contributed by atoms with Crippen molar-refractivity contribution in [2.45, 2.75) is 41.0 Å². The monoisotopic (exact) mass is 606 g/mol. The molecule has 226 valence electrons. The number of hydrogen-bond donors (Lipinski definition) is 0. The van der Waals surface area contributed by atoms with Crippen molar-refractivity contribution in [2.75, 3.05) is 0 Å². The first-order valence-corrected chi connectivity index (χ1v) is 16.1. The van der Waals surface area contributed by atoms with E-state index in [1.807, 2.05) is 13.0 Å². The molecule has 47 heavy (non-hydrogen) atoms. The van der Waals surface area contributed by atoms with Crippen LogP contribution in [0.4, 0.5) is 0 Å². The summed E-state index contributed by atoms with van der Waals surface area (Å²) in [6.45, 7) is 10.6. The third kappa shape index (κ3) is 4.05. The summed E-state index contributed by atoms with van der Waals surface area (Å²) >= 11 is 0. The van der Waals surface area contributed by atoms with Gasteiger partial charge in [0, 0.05) is 32.7 Å². The molecule has 0 saturated heterocycles. The first kappa shape index (κ1) is 28.6. The Labute approximate surface area is 274 Å². The van der Waals surface area contributed by atoms with Crippen LogP contribution in [0, 0.1) is 55.8 Å². The van der Waals surface area contributed by atoms with Gasteiger partial charge in [-0.05, 0) is 81.5 Å². The molecule has 1 aliphatic carbocycles. The maximum absolute atomic E-state index is 10.7. The Morgan fingerprint density at radius 2 is 1.09 bits per heavy atom. The lowest BCUT2D eigenvalue weighted by atomic mass is 9.77. The van der Waals surface area contributed by atoms with Crippen LogP contribution in [0.2, 0.25) is 0 Å². The van der Waals surface area contributed by atoms with Crippen LogP contribution in [0.15, 0.2) is 109 Å². The van der Waals surface area contributed by atoms with Crippen LogP contribution < -0.4 is 0 Å². The van der Waals surface area contributed by atoms with E-state index in [1.54, 1.807) is 0 Å². The van der Waals surface area contributed by atoms with Crippen molar-refractivity contribution >= 4 is 49.2 Å². The van der Waals surface area contributed by atoms with E-state index in [-0.39, 0.29) is 0 Å². The number of nitrogens with zero attached hydrogens (tertiary/aromatic N) is 4. The average molecular weight is 607 g/mol. The molecule has 7 aromatic rings. The predicted molar refractivity (Wildman–Crippen MR) is 194 cm³/mol. The largest absolute Gasteiger partial charge is 0.308 e. The quantitative estimate of drug-likeness (QED) is 0.201. The van der Waals surface area contributed by atoms with Gasteiger partial charge in [0.15, 0.2) is 0 Å². The number of rotatable bonds is 3. The van der Waals surface area contributed by atoms with Gasteiger partial charge in [0.25, 0.3) is 0 Å². The number of allylic oxidation sites excluding steroid dienone is 4. The zero-order valence-corrected chi connectivity index (χ0v) is 27.3. The third-order valence-corrected chi connectivity index (χ3v) is 10.0. The topological polar surface area (TPSA) is 57.4 Å². The molecule has 1 unspecified atom stereocenters. The van der Waals surface area contributed by atoms with Gasteiger partial charge in [-0.3, -0.25) is 0 Å². The third-order valence-electron chi connectivity index (χ3n) is 10.0. The zero-order valence-electron chi connectivity index (χ0n) is 27.3. The van der Waals surface area contributed by atoms with Gasteiger partial charge in [0.2, 0.25) is 0 Å². The summed E-state index contributed by atoms with van der Waals surface area (Å²) in [5.41, 5.74) is 12.9. The van der Waals surface area contributed by atoms with E-state index in [0.29, 0.717) is 12.0 Å². The summed E-state index contributed by atoms with van der Waals surface area (Å²) in [7, 11) is 0. The molecule has 0 aliphatic heterocycles. The summed E-state index contributed by atoms with van der Waals surface area (Å²) < 4.78 is 4.82. The number of benzene rings is 5. The molecule has 4 heteroatoms. The lowest BCUT2D eigenvalue weighted by Gasteiger charge is -2.25. The summed E-state index contributed by atoms with van der Waals surface area (Å²) in [4.78, 5) is 0. The van der Waals surface area contributed by atoms with Crippen LogP contribution in [-0.4, -0.2) is 9.13 Å². The molecule has 2 heterocycles. The molecule has 1 aliphatic rings. The van der Waals surface area contributed by atoms with Gasteiger partial charge in [-0.1, -0.05) is 84.9 Å². The minimum atomic E-state index is -0.755. The van der Waals surface area contributed by atoms with Gasteiger partial charge in [-0.2, -0.15) is 10.5 Å². The molecule has 2 aromatic heterocycles. The van der Waals surface area contributed by atoms with E-state index in [2.05, 4.69) is 146 Å². The van der Waals surface area contributed by atoms with Crippen molar-refractivity contribution in [2.24, 2.45) is 5.41 Å². The first-order chi connectivity index (χ1) is 22.8. The second-order valence-corrected chi connectivity index (χ2v) is 13.3. The summed E-state index contributed by atoms with van der Waals surface area (Å²) in [5, 5.41) is 25.7. The first-order valence-electron chi connectivity index (χ1n) is 16.1. The zero-order chi connectivity index (χ0) is 32.6. The number of nitriles is 2. The molecule has 0 bridgehead atoms. The van der Waals surface area contributed by atoms with Crippen LogP contribution in [0.5, 0.6) is 0 Å². The Morgan fingerprint density at radius 3 is 1.53 bits per heavy atom. The molecule has 0 saturated carbocycles. The highest BCUT2D eigenvalue weighted by Gasteiger charge is 2.32. The molecule has 0 fully saturated rings. The molecule has 0 radical (unpaired) electrons. The van der Waals surface area contributed by atoms with Gasteiger partial charge in [-0.15, -0.1) is 0 Å². The van der Waals surface area contributed by atoms with Crippen LogP contribution in [0.25, 0.3) is 60.6 Å². The Balaban J connectivity index is 1.74. The SMILES string of the molecule is Cc1cccc(C)c1-n1c2ccccc2c2cc3c4ccccc4n(-c4c(C)cccc4C)c3c(C3=CC(C)(C#N)CC=C3C#N)c21. The normalized spacial score (nSPS) is 16.4. The fourth-order valence-corrected chi connectivity index (χ4v) is 7.88. The number of aryl methyl sites for hydroxylation is 4. The van der Waals surface area contributed by atoms with Gasteiger partial charge >= 0.3 is 0 Å². The number of para-hydroxylation sites is 4. The molecular formula is C43H34N4. The maximum atomic E-state index is 10.7. The van der Waals surface area contributed by atoms with Crippen LogP contribution >= 0.6 is 0 Å². The van der Waals surface area contributed by atoms with Crippen molar-refractivity contribution in [3.8, 4) is 23.5 Å². The van der Waals surface area contributed by atoms with Crippen LogP contribution in [-0.2, 0) is 0 Å². The lowest BCUT2D eigenvalue weighted by Crippen LogP contribution is -2.15. The Bertz CT molecular complexity index is 2440. The van der Waals surface area contributed by atoms with Crippen molar-refractivity contribution in [3.05, 3.63) is 137 Å². The van der Waals surface area contributed by atoms with E-state index >= 15 is 0 Å². The molecule has 0 N–H and O–H groups in total. The fourth-order valence-electron chi connectivity index (χ4n) is 7.88. The van der Waals surface area contributed by atoms with Crippen molar-refractivity contribution in [1.29, 1.82) is 10.5 Å². The smallest absolute Gasteiger partial charge is 0.0994 e. The predicted octanol–water partition coefficient (Wildman–Crippen LogP) is 10.9. The molecule has 1 atom stereocenters. The highest BCUT2D eigenvalue weighted by molar-refractivity contribution is 6.25. The second-order valence-electron chi connectivity index (χ2n) is 13.3. The second kappa shape index (κ2) is 10.3. The Hall–Kier alpha value is -5.84. The van der Waals surface area contributed by atoms with Gasteiger partial charge in [0.1, 0.15) is 0 Å². The summed E-state index contributed by atoms with van der Waals surface area (Å²) in [6, 6.07) is 37.6. The van der Waals surface area contributed by atoms with E-state index in [9.17, 15) is 10.5 Å².